The number of Topliss-reactive ketones (excluding diaryl/α,β-unsaturated/α-hetero) is 1. The molecular weight excluding hydrogens is 222 g/mol. The normalized spacial score (nSPS) is 25.1. The first-order valence-corrected chi connectivity index (χ1v) is 7.85. The molecule has 18 heavy (non-hydrogen) atoms. The first-order valence-electron chi connectivity index (χ1n) is 7.85. The van der Waals surface area contributed by atoms with E-state index in [1.54, 1.807) is 0 Å². The van der Waals surface area contributed by atoms with Gasteiger partial charge in [-0.25, -0.2) is 0 Å². The van der Waals surface area contributed by atoms with Crippen molar-refractivity contribution in [2.45, 2.75) is 72.3 Å². The lowest BCUT2D eigenvalue weighted by molar-refractivity contribution is -0.126. The minimum atomic E-state index is 0.309. The SMILES string of the molecule is CCCC1CCC(=O)C(CN(CCC)C(C)C)C1. The van der Waals surface area contributed by atoms with Crippen molar-refractivity contribution in [1.29, 1.82) is 0 Å². The second-order valence-electron chi connectivity index (χ2n) is 6.18. The molecule has 1 fully saturated rings. The maximum atomic E-state index is 12.1. The fraction of sp³-hybridized carbons (Fsp3) is 0.938. The van der Waals surface area contributed by atoms with Crippen molar-refractivity contribution in [2.75, 3.05) is 13.1 Å². The molecule has 2 atom stereocenters. The van der Waals surface area contributed by atoms with Gasteiger partial charge in [-0.05, 0) is 45.6 Å². The zero-order valence-electron chi connectivity index (χ0n) is 12.7. The van der Waals surface area contributed by atoms with Gasteiger partial charge in [-0.1, -0.05) is 26.7 Å². The smallest absolute Gasteiger partial charge is 0.137 e. The van der Waals surface area contributed by atoms with Crippen LogP contribution in [0.3, 0.4) is 0 Å². The van der Waals surface area contributed by atoms with Crippen molar-refractivity contribution in [2.24, 2.45) is 11.8 Å². The minimum absolute atomic E-state index is 0.309. The summed E-state index contributed by atoms with van der Waals surface area (Å²) in [4.78, 5) is 14.6. The quantitative estimate of drug-likeness (QED) is 0.686. The summed E-state index contributed by atoms with van der Waals surface area (Å²) in [5, 5.41) is 0. The van der Waals surface area contributed by atoms with E-state index < -0.39 is 0 Å². The molecule has 2 unspecified atom stereocenters. The Morgan fingerprint density at radius 1 is 1.28 bits per heavy atom. The minimum Gasteiger partial charge on any atom is -0.300 e. The van der Waals surface area contributed by atoms with Gasteiger partial charge in [0.05, 0.1) is 0 Å². The lowest BCUT2D eigenvalue weighted by atomic mass is 9.78. The molecule has 106 valence electrons. The zero-order chi connectivity index (χ0) is 13.5. The Morgan fingerprint density at radius 2 is 2.00 bits per heavy atom. The van der Waals surface area contributed by atoms with Gasteiger partial charge in [-0.15, -0.1) is 0 Å². The molecule has 1 rings (SSSR count). The van der Waals surface area contributed by atoms with Gasteiger partial charge in [0.15, 0.2) is 0 Å². The van der Waals surface area contributed by atoms with E-state index in [4.69, 9.17) is 0 Å². The maximum Gasteiger partial charge on any atom is 0.137 e. The first-order chi connectivity index (χ1) is 8.58. The van der Waals surface area contributed by atoms with E-state index in [9.17, 15) is 4.79 Å². The number of nitrogens with zero attached hydrogens (tertiary/aromatic N) is 1. The highest BCUT2D eigenvalue weighted by molar-refractivity contribution is 5.81. The van der Waals surface area contributed by atoms with Crippen molar-refractivity contribution in [3.8, 4) is 0 Å². The Labute approximate surface area is 113 Å². The number of ketones is 1. The van der Waals surface area contributed by atoms with Gasteiger partial charge >= 0.3 is 0 Å². The molecule has 0 aromatic carbocycles. The van der Waals surface area contributed by atoms with E-state index in [1.165, 1.54) is 19.3 Å². The third kappa shape index (κ3) is 4.72. The Balaban J connectivity index is 2.53. The largest absolute Gasteiger partial charge is 0.300 e. The first kappa shape index (κ1) is 15.7. The second-order valence-corrected chi connectivity index (χ2v) is 6.18. The summed E-state index contributed by atoms with van der Waals surface area (Å²) < 4.78 is 0. The van der Waals surface area contributed by atoms with Crippen LogP contribution in [0.25, 0.3) is 0 Å². The summed E-state index contributed by atoms with van der Waals surface area (Å²) >= 11 is 0. The van der Waals surface area contributed by atoms with Crippen LogP contribution in [-0.4, -0.2) is 29.8 Å². The van der Waals surface area contributed by atoms with Gasteiger partial charge in [-0.3, -0.25) is 4.79 Å². The molecule has 0 aliphatic heterocycles. The van der Waals surface area contributed by atoms with Gasteiger partial charge in [0.2, 0.25) is 0 Å². The maximum absolute atomic E-state index is 12.1. The van der Waals surface area contributed by atoms with Crippen molar-refractivity contribution in [1.82, 2.24) is 4.90 Å². The predicted octanol–water partition coefficient (Wildman–Crippen LogP) is 3.89. The summed E-state index contributed by atoms with van der Waals surface area (Å²) in [6.45, 7) is 11.1. The van der Waals surface area contributed by atoms with E-state index in [0.29, 0.717) is 17.7 Å². The molecule has 2 heteroatoms. The molecule has 2 nitrogen and oxygen atoms in total. The Hall–Kier alpha value is -0.370. The number of carbonyl (C=O) groups is 1. The molecule has 0 bridgehead atoms. The van der Waals surface area contributed by atoms with Crippen LogP contribution >= 0.6 is 0 Å². The number of hydrogen-bond acceptors (Lipinski definition) is 2. The van der Waals surface area contributed by atoms with Crippen LogP contribution in [0.15, 0.2) is 0 Å². The van der Waals surface area contributed by atoms with Crippen LogP contribution in [0.5, 0.6) is 0 Å². The highest BCUT2D eigenvalue weighted by atomic mass is 16.1. The van der Waals surface area contributed by atoms with Gasteiger partial charge in [0.1, 0.15) is 5.78 Å². The molecule has 0 spiro atoms. The van der Waals surface area contributed by atoms with Crippen LogP contribution in [0, 0.1) is 11.8 Å². The molecule has 0 heterocycles. The standard InChI is InChI=1S/C16H31NO/c1-5-7-14-8-9-16(18)15(11-14)12-17(10-6-2)13(3)4/h13-15H,5-12H2,1-4H3. The summed E-state index contributed by atoms with van der Waals surface area (Å²) in [6.07, 6.45) is 6.84. The van der Waals surface area contributed by atoms with Gasteiger partial charge in [0, 0.05) is 24.9 Å². The second kappa shape index (κ2) is 7.93. The number of hydrogen-bond donors (Lipinski definition) is 0. The van der Waals surface area contributed by atoms with E-state index in [0.717, 1.165) is 38.3 Å². The van der Waals surface area contributed by atoms with Crippen molar-refractivity contribution >= 4 is 5.78 Å². The van der Waals surface area contributed by atoms with Crippen LogP contribution < -0.4 is 0 Å². The molecule has 0 radical (unpaired) electrons. The molecule has 0 aromatic heterocycles. The summed E-state index contributed by atoms with van der Waals surface area (Å²) in [5.41, 5.74) is 0. The summed E-state index contributed by atoms with van der Waals surface area (Å²) in [6, 6.07) is 0.560. The van der Waals surface area contributed by atoms with E-state index in [1.807, 2.05) is 0 Å². The number of rotatable bonds is 7. The van der Waals surface area contributed by atoms with Gasteiger partial charge < -0.3 is 4.90 Å². The molecule has 0 aromatic rings. The van der Waals surface area contributed by atoms with Crippen LogP contribution in [0.2, 0.25) is 0 Å². The Morgan fingerprint density at radius 3 is 2.56 bits per heavy atom. The predicted molar refractivity (Wildman–Crippen MR) is 77.7 cm³/mol. The van der Waals surface area contributed by atoms with Crippen LogP contribution in [0.1, 0.15) is 66.2 Å². The highest BCUT2D eigenvalue weighted by Gasteiger charge is 2.29. The fourth-order valence-corrected chi connectivity index (χ4v) is 3.18. The van der Waals surface area contributed by atoms with Crippen LogP contribution in [0.4, 0.5) is 0 Å². The third-order valence-corrected chi connectivity index (χ3v) is 4.27. The molecule has 0 saturated heterocycles. The molecule has 1 aliphatic carbocycles. The van der Waals surface area contributed by atoms with Gasteiger partial charge in [-0.2, -0.15) is 0 Å². The topological polar surface area (TPSA) is 20.3 Å². The number of carbonyl (C=O) groups excluding carboxylic acids is 1. The average molecular weight is 253 g/mol. The van der Waals surface area contributed by atoms with Crippen molar-refractivity contribution in [3.05, 3.63) is 0 Å². The fourth-order valence-electron chi connectivity index (χ4n) is 3.18. The van der Waals surface area contributed by atoms with Crippen LogP contribution in [-0.2, 0) is 4.79 Å². The van der Waals surface area contributed by atoms with Gasteiger partial charge in [0.25, 0.3) is 0 Å². The zero-order valence-corrected chi connectivity index (χ0v) is 12.7. The van der Waals surface area contributed by atoms with Crippen molar-refractivity contribution < 1.29 is 4.79 Å². The lowest BCUT2D eigenvalue weighted by Crippen LogP contribution is -2.40. The molecule has 1 saturated carbocycles. The van der Waals surface area contributed by atoms with E-state index in [2.05, 4.69) is 32.6 Å². The highest BCUT2D eigenvalue weighted by Crippen LogP contribution is 2.30. The third-order valence-electron chi connectivity index (χ3n) is 4.27. The van der Waals surface area contributed by atoms with E-state index >= 15 is 0 Å². The van der Waals surface area contributed by atoms with E-state index in [-0.39, 0.29) is 0 Å². The Bertz CT molecular complexity index is 249. The molecular formula is C16H31NO. The monoisotopic (exact) mass is 253 g/mol. The van der Waals surface area contributed by atoms with Crippen molar-refractivity contribution in [3.63, 3.8) is 0 Å². The molecule has 0 N–H and O–H groups in total. The molecule has 1 aliphatic rings. The lowest BCUT2D eigenvalue weighted by Gasteiger charge is -2.34. The average Bonchev–Trinajstić information content (AvgIpc) is 2.33. The summed E-state index contributed by atoms with van der Waals surface area (Å²) in [5.74, 6) is 1.63. The Kier molecular flexibility index (Phi) is 6.91. The summed E-state index contributed by atoms with van der Waals surface area (Å²) in [7, 11) is 0. The molecule has 0 amide bonds.